The summed E-state index contributed by atoms with van der Waals surface area (Å²) >= 11 is 5.43. The molecular weight excluding hydrogens is 497 g/mol. The lowest BCUT2D eigenvalue weighted by Gasteiger charge is -2.10. The first-order valence-electron chi connectivity index (χ1n) is 9.78. The molecule has 0 bridgehead atoms. The van der Waals surface area contributed by atoms with Crippen molar-refractivity contribution in [3.8, 4) is 0 Å². The van der Waals surface area contributed by atoms with Crippen molar-refractivity contribution in [2.75, 3.05) is 27.9 Å². The number of anilines is 3. The molecule has 0 aliphatic heterocycles. The smallest absolute Gasteiger partial charge is 0.234 e. The highest BCUT2D eigenvalue weighted by atomic mass is 32.2. The van der Waals surface area contributed by atoms with Crippen LogP contribution in [-0.2, 0) is 9.59 Å². The largest absolute Gasteiger partial charge is 0.374 e. The number of thioether (sulfide) groups is 2. The lowest BCUT2D eigenvalue weighted by atomic mass is 10.1. The molecule has 33 heavy (non-hydrogen) atoms. The van der Waals surface area contributed by atoms with Gasteiger partial charge in [0.15, 0.2) is 8.68 Å². The molecule has 0 unspecified atom stereocenters. The van der Waals surface area contributed by atoms with E-state index in [4.69, 9.17) is 5.73 Å². The van der Waals surface area contributed by atoms with E-state index in [1.807, 2.05) is 50.2 Å². The van der Waals surface area contributed by atoms with Crippen LogP contribution in [0, 0.1) is 13.8 Å². The molecule has 0 atom stereocenters. The summed E-state index contributed by atoms with van der Waals surface area (Å²) in [6.45, 7) is 3.95. The third-order valence-electron chi connectivity index (χ3n) is 4.47. The highest BCUT2D eigenvalue weighted by molar-refractivity contribution is 8.02. The quantitative estimate of drug-likeness (QED) is 0.285. The number of hydrogen-bond acceptors (Lipinski definition) is 10. The number of nitrogen functional groups attached to an aromatic ring is 1. The first-order valence-corrected chi connectivity index (χ1v) is 13.4. The van der Waals surface area contributed by atoms with E-state index in [2.05, 4.69) is 25.8 Å². The first kappa shape index (κ1) is 23.5. The summed E-state index contributed by atoms with van der Waals surface area (Å²) in [5.74, 6) is 0.269. The van der Waals surface area contributed by atoms with Gasteiger partial charge in [-0.1, -0.05) is 53.1 Å². The fourth-order valence-corrected chi connectivity index (χ4v) is 6.30. The van der Waals surface area contributed by atoms with Gasteiger partial charge < -0.3 is 16.4 Å². The highest BCUT2D eigenvalue weighted by Gasteiger charge is 2.12. The number of aromatic nitrogens is 3. The zero-order valence-corrected chi connectivity index (χ0v) is 21.0. The number of thiazole rings is 1. The first-order chi connectivity index (χ1) is 15.9. The number of nitrogens with two attached hydrogens (primary N) is 1. The third kappa shape index (κ3) is 6.22. The second-order valence-electron chi connectivity index (χ2n) is 7.01. The highest BCUT2D eigenvalue weighted by Crippen LogP contribution is 2.32. The topological polar surface area (TPSA) is 123 Å². The van der Waals surface area contributed by atoms with E-state index in [-0.39, 0.29) is 23.3 Å². The van der Waals surface area contributed by atoms with Gasteiger partial charge in [-0.05, 0) is 43.2 Å². The second kappa shape index (κ2) is 10.5. The minimum absolute atomic E-state index is 0.0701. The molecule has 4 rings (SSSR count). The Labute approximate surface area is 206 Å². The molecule has 0 fully saturated rings. The van der Waals surface area contributed by atoms with E-state index in [1.165, 1.54) is 46.2 Å². The molecule has 4 aromatic rings. The van der Waals surface area contributed by atoms with Gasteiger partial charge in [0, 0.05) is 11.4 Å². The SMILES string of the molecule is Cc1cccc(C)c1NC(=O)CSc1nc2ccc(NC(=O)CSc3nnc(N)s3)cc2s1. The van der Waals surface area contributed by atoms with Crippen molar-refractivity contribution in [1.82, 2.24) is 15.2 Å². The maximum absolute atomic E-state index is 12.4. The molecule has 8 nitrogen and oxygen atoms in total. The number of aryl methyl sites for hydroxylation is 2. The van der Waals surface area contributed by atoms with E-state index in [0.29, 0.717) is 15.2 Å². The van der Waals surface area contributed by atoms with Crippen LogP contribution >= 0.6 is 46.2 Å². The molecule has 2 aromatic carbocycles. The number of rotatable bonds is 8. The van der Waals surface area contributed by atoms with Crippen molar-refractivity contribution in [3.63, 3.8) is 0 Å². The molecule has 2 heterocycles. The summed E-state index contributed by atoms with van der Waals surface area (Å²) in [5, 5.41) is 13.9. The van der Waals surface area contributed by atoms with Crippen molar-refractivity contribution in [3.05, 3.63) is 47.5 Å². The predicted molar refractivity (Wildman–Crippen MR) is 139 cm³/mol. The molecule has 12 heteroatoms. The standard InChI is InChI=1S/C21H20N6O2S4/c1-11-4-3-5-12(2)18(11)25-17(29)10-30-20-24-14-7-6-13(8-15(14)32-20)23-16(28)9-31-21-27-26-19(22)33-21/h3-8H,9-10H2,1-2H3,(H2,22,26)(H,23,28)(H,25,29). The number of nitrogens with one attached hydrogen (secondary N) is 2. The van der Waals surface area contributed by atoms with E-state index >= 15 is 0 Å². The van der Waals surface area contributed by atoms with Crippen molar-refractivity contribution < 1.29 is 9.59 Å². The van der Waals surface area contributed by atoms with Gasteiger partial charge in [-0.2, -0.15) is 0 Å². The minimum atomic E-state index is -0.143. The van der Waals surface area contributed by atoms with E-state index < -0.39 is 0 Å². The molecular formula is C21H20N6O2S4. The normalized spacial score (nSPS) is 11.0. The van der Waals surface area contributed by atoms with Gasteiger partial charge in [0.1, 0.15) is 0 Å². The molecule has 0 aliphatic carbocycles. The molecule has 0 radical (unpaired) electrons. The maximum atomic E-state index is 12.4. The Morgan fingerprint density at radius 2 is 1.64 bits per heavy atom. The number of carbonyl (C=O) groups is 2. The van der Waals surface area contributed by atoms with Gasteiger partial charge in [0.05, 0.1) is 21.7 Å². The zero-order valence-electron chi connectivity index (χ0n) is 17.7. The summed E-state index contributed by atoms with van der Waals surface area (Å²) in [4.78, 5) is 29.3. The number of nitrogens with zero attached hydrogens (tertiary/aromatic N) is 3. The Hall–Kier alpha value is -2.67. The second-order valence-corrected chi connectivity index (χ2v) is 11.5. The average Bonchev–Trinajstić information content (AvgIpc) is 3.38. The van der Waals surface area contributed by atoms with Crippen LogP contribution in [-0.4, -0.2) is 38.5 Å². The summed E-state index contributed by atoms with van der Waals surface area (Å²) in [6.07, 6.45) is 0. The monoisotopic (exact) mass is 516 g/mol. The van der Waals surface area contributed by atoms with Crippen LogP contribution in [0.4, 0.5) is 16.5 Å². The average molecular weight is 517 g/mol. The van der Waals surface area contributed by atoms with Crippen molar-refractivity contribution >= 4 is 84.7 Å². The van der Waals surface area contributed by atoms with E-state index in [1.54, 1.807) is 0 Å². The maximum Gasteiger partial charge on any atom is 0.234 e. The third-order valence-corrected chi connectivity index (χ3v) is 8.52. The lowest BCUT2D eigenvalue weighted by Crippen LogP contribution is -2.15. The fraction of sp³-hybridized carbons (Fsp3) is 0.190. The predicted octanol–water partition coefficient (Wildman–Crippen LogP) is 4.81. The summed E-state index contributed by atoms with van der Waals surface area (Å²) in [6, 6.07) is 11.5. The molecule has 2 amide bonds. The number of amides is 2. The number of carbonyl (C=O) groups excluding carboxylic acids is 2. The summed E-state index contributed by atoms with van der Waals surface area (Å²) in [5.41, 5.74) is 10.0. The Kier molecular flexibility index (Phi) is 7.48. The van der Waals surface area contributed by atoms with Crippen molar-refractivity contribution in [2.24, 2.45) is 0 Å². The van der Waals surface area contributed by atoms with Gasteiger partial charge >= 0.3 is 0 Å². The van der Waals surface area contributed by atoms with Crippen LogP contribution in [0.5, 0.6) is 0 Å². The van der Waals surface area contributed by atoms with E-state index in [0.717, 1.165) is 31.4 Å². The van der Waals surface area contributed by atoms with Crippen LogP contribution in [0.2, 0.25) is 0 Å². The van der Waals surface area contributed by atoms with Crippen LogP contribution in [0.3, 0.4) is 0 Å². The molecule has 0 spiro atoms. The number of hydrogen-bond donors (Lipinski definition) is 3. The Balaban J connectivity index is 1.32. The van der Waals surface area contributed by atoms with Crippen LogP contribution in [0.15, 0.2) is 45.1 Å². The van der Waals surface area contributed by atoms with Crippen LogP contribution in [0.1, 0.15) is 11.1 Å². The molecule has 0 saturated heterocycles. The zero-order chi connectivity index (χ0) is 23.4. The molecule has 0 aliphatic rings. The van der Waals surface area contributed by atoms with Crippen LogP contribution < -0.4 is 16.4 Å². The van der Waals surface area contributed by atoms with Gasteiger partial charge in [0.25, 0.3) is 0 Å². The Morgan fingerprint density at radius 3 is 2.33 bits per heavy atom. The molecule has 2 aromatic heterocycles. The molecule has 4 N–H and O–H groups in total. The Morgan fingerprint density at radius 1 is 0.939 bits per heavy atom. The van der Waals surface area contributed by atoms with Gasteiger partial charge in [-0.3, -0.25) is 9.59 Å². The number of fused-ring (bicyclic) bond motifs is 1. The summed E-state index contributed by atoms with van der Waals surface area (Å²) < 4.78 is 2.40. The number of para-hydroxylation sites is 1. The molecule has 0 saturated carbocycles. The van der Waals surface area contributed by atoms with Crippen molar-refractivity contribution in [2.45, 2.75) is 22.5 Å². The fourth-order valence-electron chi connectivity index (χ4n) is 2.96. The van der Waals surface area contributed by atoms with Gasteiger partial charge in [-0.15, -0.1) is 21.5 Å². The lowest BCUT2D eigenvalue weighted by molar-refractivity contribution is -0.114. The van der Waals surface area contributed by atoms with Crippen molar-refractivity contribution in [1.29, 1.82) is 0 Å². The molecule has 170 valence electrons. The van der Waals surface area contributed by atoms with E-state index in [9.17, 15) is 9.59 Å². The van der Waals surface area contributed by atoms with Gasteiger partial charge in [-0.25, -0.2) is 4.98 Å². The summed E-state index contributed by atoms with van der Waals surface area (Å²) in [7, 11) is 0. The Bertz CT molecular complexity index is 1300. The van der Waals surface area contributed by atoms with Crippen LogP contribution in [0.25, 0.3) is 10.2 Å². The minimum Gasteiger partial charge on any atom is -0.374 e. The number of benzene rings is 2. The van der Waals surface area contributed by atoms with Gasteiger partial charge in [0.2, 0.25) is 16.9 Å².